The number of anilines is 1. The smallest absolute Gasteiger partial charge is 0.256 e. The van der Waals surface area contributed by atoms with Gasteiger partial charge in [0.2, 0.25) is 5.91 Å². The van der Waals surface area contributed by atoms with Crippen LogP contribution in [0.1, 0.15) is 15.9 Å². The zero-order chi connectivity index (χ0) is 15.2. The number of aromatic nitrogens is 2. The van der Waals surface area contributed by atoms with Gasteiger partial charge in [-0.3, -0.25) is 9.59 Å². The molecule has 0 bridgehead atoms. The molecular weight excluding hydrogens is 270 g/mol. The third-order valence-electron chi connectivity index (χ3n) is 2.82. The van der Waals surface area contributed by atoms with Crippen molar-refractivity contribution in [3.63, 3.8) is 0 Å². The van der Waals surface area contributed by atoms with Crippen LogP contribution < -0.4 is 11.5 Å². The summed E-state index contributed by atoms with van der Waals surface area (Å²) in [6, 6.07) is 8.58. The minimum atomic E-state index is -0.583. The Kier molecular flexibility index (Phi) is 4.45. The van der Waals surface area contributed by atoms with Gasteiger partial charge in [-0.05, 0) is 23.8 Å². The normalized spacial score (nSPS) is 10.1. The van der Waals surface area contributed by atoms with Gasteiger partial charge >= 0.3 is 0 Å². The molecule has 21 heavy (non-hydrogen) atoms. The SMILES string of the molecule is NC(=O)CN(Cc1ccc(N)cc1)C(=O)c1ccnnc1. The van der Waals surface area contributed by atoms with E-state index >= 15 is 0 Å². The molecule has 0 saturated carbocycles. The zero-order valence-electron chi connectivity index (χ0n) is 11.3. The number of carbonyl (C=O) groups is 2. The average molecular weight is 285 g/mol. The molecule has 7 nitrogen and oxygen atoms in total. The van der Waals surface area contributed by atoms with E-state index in [2.05, 4.69) is 10.2 Å². The first kappa shape index (κ1) is 14.4. The van der Waals surface area contributed by atoms with Crippen LogP contribution in [0.15, 0.2) is 42.7 Å². The molecule has 4 N–H and O–H groups in total. The monoisotopic (exact) mass is 285 g/mol. The first-order valence-corrected chi connectivity index (χ1v) is 6.25. The van der Waals surface area contributed by atoms with Gasteiger partial charge in [0, 0.05) is 12.2 Å². The highest BCUT2D eigenvalue weighted by Crippen LogP contribution is 2.11. The molecule has 0 aliphatic heterocycles. The van der Waals surface area contributed by atoms with E-state index in [0.29, 0.717) is 11.3 Å². The minimum absolute atomic E-state index is 0.175. The number of hydrogen-bond donors (Lipinski definition) is 2. The lowest BCUT2D eigenvalue weighted by Gasteiger charge is -2.21. The molecule has 1 aromatic carbocycles. The summed E-state index contributed by atoms with van der Waals surface area (Å²) in [4.78, 5) is 24.9. The fourth-order valence-corrected chi connectivity index (χ4v) is 1.83. The number of carbonyl (C=O) groups excluding carboxylic acids is 2. The highest BCUT2D eigenvalue weighted by Gasteiger charge is 2.18. The molecule has 0 fully saturated rings. The molecule has 0 radical (unpaired) electrons. The predicted molar refractivity (Wildman–Crippen MR) is 76.8 cm³/mol. The van der Waals surface area contributed by atoms with Crippen molar-refractivity contribution in [1.29, 1.82) is 0 Å². The van der Waals surface area contributed by atoms with Gasteiger partial charge in [0.1, 0.15) is 0 Å². The summed E-state index contributed by atoms with van der Waals surface area (Å²) in [7, 11) is 0. The number of nitrogens with two attached hydrogens (primary N) is 2. The zero-order valence-corrected chi connectivity index (χ0v) is 11.3. The second kappa shape index (κ2) is 6.47. The lowest BCUT2D eigenvalue weighted by Crippen LogP contribution is -2.38. The second-order valence-electron chi connectivity index (χ2n) is 4.50. The Balaban J connectivity index is 2.20. The number of nitrogens with zero attached hydrogens (tertiary/aromatic N) is 3. The van der Waals surface area contributed by atoms with Crippen molar-refractivity contribution in [3.8, 4) is 0 Å². The van der Waals surface area contributed by atoms with Crippen molar-refractivity contribution < 1.29 is 9.59 Å². The van der Waals surface area contributed by atoms with Crippen LogP contribution in [0.2, 0.25) is 0 Å². The molecule has 0 saturated heterocycles. The summed E-state index contributed by atoms with van der Waals surface area (Å²) in [6.45, 7) is 0.0793. The average Bonchev–Trinajstić information content (AvgIpc) is 2.48. The Hall–Kier alpha value is -2.96. The topological polar surface area (TPSA) is 115 Å². The maximum atomic E-state index is 12.4. The molecule has 2 amide bonds. The molecule has 2 rings (SSSR count). The Labute approximate surface area is 121 Å². The lowest BCUT2D eigenvalue weighted by molar-refractivity contribution is -0.118. The molecular formula is C14H15N5O2. The van der Waals surface area contributed by atoms with Crippen LogP contribution in [-0.2, 0) is 11.3 Å². The van der Waals surface area contributed by atoms with Crippen LogP contribution in [0.5, 0.6) is 0 Å². The summed E-state index contributed by atoms with van der Waals surface area (Å²) in [6.07, 6.45) is 2.76. The second-order valence-corrected chi connectivity index (χ2v) is 4.50. The van der Waals surface area contributed by atoms with Crippen LogP contribution in [-0.4, -0.2) is 33.5 Å². The van der Waals surface area contributed by atoms with Crippen LogP contribution in [0.4, 0.5) is 5.69 Å². The van der Waals surface area contributed by atoms with Gasteiger partial charge in [-0.25, -0.2) is 0 Å². The van der Waals surface area contributed by atoms with Crippen molar-refractivity contribution in [3.05, 3.63) is 53.9 Å². The van der Waals surface area contributed by atoms with Gasteiger partial charge in [-0.2, -0.15) is 10.2 Å². The van der Waals surface area contributed by atoms with Gasteiger partial charge in [0.15, 0.2) is 0 Å². The van der Waals surface area contributed by atoms with E-state index in [0.717, 1.165) is 5.56 Å². The molecule has 0 atom stereocenters. The Morgan fingerprint density at radius 3 is 2.38 bits per heavy atom. The molecule has 0 spiro atoms. The van der Waals surface area contributed by atoms with Gasteiger partial charge < -0.3 is 16.4 Å². The van der Waals surface area contributed by atoms with Gasteiger partial charge in [0.05, 0.1) is 24.5 Å². The van der Waals surface area contributed by atoms with Crippen molar-refractivity contribution in [2.45, 2.75) is 6.54 Å². The van der Waals surface area contributed by atoms with Crippen molar-refractivity contribution in [1.82, 2.24) is 15.1 Å². The molecule has 0 unspecified atom stereocenters. The van der Waals surface area contributed by atoms with Gasteiger partial charge in [-0.15, -0.1) is 0 Å². The summed E-state index contributed by atoms with van der Waals surface area (Å²) in [5, 5.41) is 7.27. The summed E-state index contributed by atoms with van der Waals surface area (Å²) in [5.41, 5.74) is 12.7. The number of rotatable bonds is 5. The maximum Gasteiger partial charge on any atom is 0.256 e. The van der Waals surface area contributed by atoms with E-state index in [1.807, 2.05) is 0 Å². The maximum absolute atomic E-state index is 12.4. The van der Waals surface area contributed by atoms with Crippen molar-refractivity contribution >= 4 is 17.5 Å². The fraction of sp³-hybridized carbons (Fsp3) is 0.143. The summed E-state index contributed by atoms with van der Waals surface area (Å²) in [5.74, 6) is -0.915. The Morgan fingerprint density at radius 2 is 1.81 bits per heavy atom. The van der Waals surface area contributed by atoms with Crippen LogP contribution >= 0.6 is 0 Å². The van der Waals surface area contributed by atoms with E-state index in [4.69, 9.17) is 11.5 Å². The van der Waals surface area contributed by atoms with Crippen molar-refractivity contribution in [2.75, 3.05) is 12.3 Å². The lowest BCUT2D eigenvalue weighted by atomic mass is 10.1. The minimum Gasteiger partial charge on any atom is -0.399 e. The molecule has 0 aliphatic carbocycles. The first-order chi connectivity index (χ1) is 10.1. The molecule has 1 heterocycles. The Bertz CT molecular complexity index is 628. The number of primary amides is 1. The van der Waals surface area contributed by atoms with E-state index < -0.39 is 5.91 Å². The standard InChI is InChI=1S/C14H15N5O2/c15-12-3-1-10(2-4-12)8-19(9-13(16)20)14(21)11-5-6-17-18-7-11/h1-7H,8-9,15H2,(H2,16,20). The molecule has 1 aromatic heterocycles. The highest BCUT2D eigenvalue weighted by molar-refractivity contribution is 5.95. The summed E-state index contributed by atoms with van der Waals surface area (Å²) >= 11 is 0. The van der Waals surface area contributed by atoms with Gasteiger partial charge in [0.25, 0.3) is 5.91 Å². The van der Waals surface area contributed by atoms with Crippen LogP contribution in [0.3, 0.4) is 0 Å². The molecule has 7 heteroatoms. The number of benzene rings is 1. The predicted octanol–water partition coefficient (Wildman–Crippen LogP) is 0.186. The number of amides is 2. The number of nitrogen functional groups attached to an aromatic ring is 1. The highest BCUT2D eigenvalue weighted by atomic mass is 16.2. The molecule has 108 valence electrons. The van der Waals surface area contributed by atoms with E-state index in [1.54, 1.807) is 24.3 Å². The largest absolute Gasteiger partial charge is 0.399 e. The third-order valence-corrected chi connectivity index (χ3v) is 2.82. The van der Waals surface area contributed by atoms with E-state index in [-0.39, 0.29) is 19.0 Å². The Morgan fingerprint density at radius 1 is 1.10 bits per heavy atom. The van der Waals surface area contributed by atoms with Gasteiger partial charge in [-0.1, -0.05) is 12.1 Å². The van der Waals surface area contributed by atoms with Crippen LogP contribution in [0.25, 0.3) is 0 Å². The first-order valence-electron chi connectivity index (χ1n) is 6.25. The third kappa shape index (κ3) is 4.00. The fourth-order valence-electron chi connectivity index (χ4n) is 1.83. The number of hydrogen-bond acceptors (Lipinski definition) is 5. The van der Waals surface area contributed by atoms with E-state index in [9.17, 15) is 9.59 Å². The summed E-state index contributed by atoms with van der Waals surface area (Å²) < 4.78 is 0. The van der Waals surface area contributed by atoms with Crippen LogP contribution in [0, 0.1) is 0 Å². The molecule has 2 aromatic rings. The quantitative estimate of drug-likeness (QED) is 0.761. The van der Waals surface area contributed by atoms with Crippen molar-refractivity contribution in [2.24, 2.45) is 5.73 Å². The molecule has 0 aliphatic rings. The van der Waals surface area contributed by atoms with E-state index in [1.165, 1.54) is 23.4 Å².